The predicted octanol–water partition coefficient (Wildman–Crippen LogP) is 0.775. The summed E-state index contributed by atoms with van der Waals surface area (Å²) in [4.78, 5) is 34.2. The van der Waals surface area contributed by atoms with E-state index in [9.17, 15) is 14.7 Å². The summed E-state index contributed by atoms with van der Waals surface area (Å²) < 4.78 is 6.94. The number of likely N-dealkylation sites (tertiary alicyclic amines) is 1. The molecule has 1 amide bonds. The molecule has 1 aromatic carbocycles. The second kappa shape index (κ2) is 9.02. The van der Waals surface area contributed by atoms with Crippen molar-refractivity contribution in [2.24, 2.45) is 0 Å². The highest BCUT2D eigenvalue weighted by Crippen LogP contribution is 2.30. The maximum atomic E-state index is 13.0. The molecule has 29 heavy (non-hydrogen) atoms. The third-order valence-electron chi connectivity index (χ3n) is 5.83. The van der Waals surface area contributed by atoms with Crippen molar-refractivity contribution in [3.05, 3.63) is 40.4 Å². The van der Waals surface area contributed by atoms with E-state index in [0.717, 1.165) is 38.9 Å². The summed E-state index contributed by atoms with van der Waals surface area (Å²) in [6.45, 7) is 3.93. The first-order valence-corrected chi connectivity index (χ1v) is 10.4. The molecule has 156 valence electrons. The van der Waals surface area contributed by atoms with Gasteiger partial charge < -0.3 is 14.7 Å². The molecule has 0 saturated carbocycles. The zero-order valence-corrected chi connectivity index (χ0v) is 16.6. The molecular formula is C21H28N4O4. The van der Waals surface area contributed by atoms with Crippen molar-refractivity contribution >= 4 is 16.8 Å². The van der Waals surface area contributed by atoms with Gasteiger partial charge in [-0.05, 0) is 37.9 Å². The minimum atomic E-state index is -0.109. The van der Waals surface area contributed by atoms with Crippen LogP contribution < -0.4 is 5.56 Å². The van der Waals surface area contributed by atoms with Crippen LogP contribution in [0.2, 0.25) is 0 Å². The lowest BCUT2D eigenvalue weighted by molar-refractivity contribution is -0.134. The average molecular weight is 400 g/mol. The van der Waals surface area contributed by atoms with Crippen molar-refractivity contribution in [1.29, 1.82) is 0 Å². The number of amides is 1. The van der Waals surface area contributed by atoms with Crippen LogP contribution >= 0.6 is 0 Å². The van der Waals surface area contributed by atoms with Gasteiger partial charge in [0.15, 0.2) is 0 Å². The van der Waals surface area contributed by atoms with Gasteiger partial charge in [0.1, 0.15) is 12.4 Å². The Morgan fingerprint density at radius 2 is 1.97 bits per heavy atom. The molecule has 4 rings (SSSR count). The fourth-order valence-electron chi connectivity index (χ4n) is 4.36. The Labute approximate surface area is 169 Å². The molecule has 2 fully saturated rings. The number of aliphatic hydroxyl groups excluding tert-OH is 1. The van der Waals surface area contributed by atoms with Crippen molar-refractivity contribution in [3.8, 4) is 0 Å². The van der Waals surface area contributed by atoms with E-state index < -0.39 is 0 Å². The summed E-state index contributed by atoms with van der Waals surface area (Å²) in [5, 5.41) is 10.1. The molecule has 1 atom stereocenters. The molecule has 3 heterocycles. The highest BCUT2D eigenvalue weighted by Gasteiger charge is 2.31. The number of nitrogens with zero attached hydrogens (tertiary/aromatic N) is 4. The van der Waals surface area contributed by atoms with E-state index in [0.29, 0.717) is 29.9 Å². The first-order chi connectivity index (χ1) is 14.2. The smallest absolute Gasteiger partial charge is 0.261 e. The zero-order valence-electron chi connectivity index (χ0n) is 16.6. The Morgan fingerprint density at radius 1 is 1.10 bits per heavy atom. The number of benzene rings is 1. The number of carbonyl (C=O) groups is 1. The number of ether oxygens (including phenoxy) is 1. The third kappa shape index (κ3) is 4.19. The third-order valence-corrected chi connectivity index (χ3v) is 5.83. The minimum Gasteiger partial charge on any atom is -0.395 e. The second-order valence-electron chi connectivity index (χ2n) is 7.65. The van der Waals surface area contributed by atoms with Gasteiger partial charge >= 0.3 is 0 Å². The summed E-state index contributed by atoms with van der Waals surface area (Å²) in [5.74, 6) is 0.755. The molecule has 8 nitrogen and oxygen atoms in total. The van der Waals surface area contributed by atoms with E-state index in [1.54, 1.807) is 10.6 Å². The number of carbonyl (C=O) groups excluding carboxylic acids is 1. The van der Waals surface area contributed by atoms with Crippen LogP contribution in [0.5, 0.6) is 0 Å². The lowest BCUT2D eigenvalue weighted by Crippen LogP contribution is -2.40. The maximum absolute atomic E-state index is 13.0. The summed E-state index contributed by atoms with van der Waals surface area (Å²) >= 11 is 0. The van der Waals surface area contributed by atoms with Crippen LogP contribution in [-0.4, -0.2) is 76.4 Å². The molecule has 1 N–H and O–H groups in total. The van der Waals surface area contributed by atoms with Crippen LogP contribution in [0.25, 0.3) is 10.9 Å². The van der Waals surface area contributed by atoms with Gasteiger partial charge in [0.25, 0.3) is 5.56 Å². The van der Waals surface area contributed by atoms with E-state index in [1.165, 1.54) is 0 Å². The Morgan fingerprint density at radius 3 is 2.83 bits per heavy atom. The quantitative estimate of drug-likeness (QED) is 0.771. The largest absolute Gasteiger partial charge is 0.395 e. The average Bonchev–Trinajstić information content (AvgIpc) is 3.10. The number of hydrogen-bond donors (Lipinski definition) is 1. The lowest BCUT2D eigenvalue weighted by atomic mass is 10.1. The van der Waals surface area contributed by atoms with Gasteiger partial charge in [-0.1, -0.05) is 12.1 Å². The molecule has 2 saturated heterocycles. The molecule has 1 unspecified atom stereocenters. The summed E-state index contributed by atoms with van der Waals surface area (Å²) in [6, 6.07) is 7.37. The van der Waals surface area contributed by atoms with E-state index >= 15 is 0 Å². The van der Waals surface area contributed by atoms with Crippen LogP contribution in [0.1, 0.15) is 31.1 Å². The highest BCUT2D eigenvalue weighted by molar-refractivity contribution is 5.78. The number of aliphatic hydroxyl groups is 1. The fourth-order valence-corrected chi connectivity index (χ4v) is 4.36. The first-order valence-electron chi connectivity index (χ1n) is 10.4. The number of rotatable bonds is 6. The molecule has 1 aromatic heterocycles. The highest BCUT2D eigenvalue weighted by atomic mass is 16.5. The molecule has 0 spiro atoms. The Hall–Kier alpha value is -2.29. The first kappa shape index (κ1) is 20.0. The monoisotopic (exact) mass is 400 g/mol. The molecule has 2 aliphatic heterocycles. The molecular weight excluding hydrogens is 372 g/mol. The summed E-state index contributed by atoms with van der Waals surface area (Å²) in [6.07, 6.45) is 2.79. The van der Waals surface area contributed by atoms with Gasteiger partial charge in [-0.2, -0.15) is 0 Å². The van der Waals surface area contributed by atoms with Gasteiger partial charge in [-0.15, -0.1) is 0 Å². The van der Waals surface area contributed by atoms with Crippen LogP contribution in [0, 0.1) is 0 Å². The standard InChI is InChI=1S/C21H28N4O4/c26-13-12-25-20(22-17-6-2-1-5-16(17)21(25)28)18-7-3-8-23(18)10-11-24-9-4-14-29-15-19(24)27/h1-2,5-6,18,26H,3-4,7-15H2. The van der Waals surface area contributed by atoms with Gasteiger partial charge in [-0.25, -0.2) is 4.98 Å². The van der Waals surface area contributed by atoms with Gasteiger partial charge in [0.05, 0.1) is 30.1 Å². The van der Waals surface area contributed by atoms with Gasteiger partial charge in [0.2, 0.25) is 5.91 Å². The van der Waals surface area contributed by atoms with E-state index in [4.69, 9.17) is 9.72 Å². The lowest BCUT2D eigenvalue weighted by Gasteiger charge is -2.29. The molecule has 2 aliphatic rings. The Balaban J connectivity index is 1.59. The number of hydrogen-bond acceptors (Lipinski definition) is 6. The van der Waals surface area contributed by atoms with Crippen molar-refractivity contribution in [3.63, 3.8) is 0 Å². The molecule has 0 bridgehead atoms. The number of aromatic nitrogens is 2. The van der Waals surface area contributed by atoms with E-state index in [2.05, 4.69) is 4.90 Å². The van der Waals surface area contributed by atoms with E-state index in [-0.39, 0.29) is 37.3 Å². The fraction of sp³-hybridized carbons (Fsp3) is 0.571. The molecule has 8 heteroatoms. The second-order valence-corrected chi connectivity index (χ2v) is 7.65. The minimum absolute atomic E-state index is 0.0113. The SMILES string of the molecule is O=C1COCCCN1CCN1CCCC1c1nc2ccccc2c(=O)n1CCO. The molecule has 0 radical (unpaired) electrons. The molecule has 2 aromatic rings. The van der Waals surface area contributed by atoms with E-state index in [1.807, 2.05) is 23.1 Å². The Kier molecular flexibility index (Phi) is 6.22. The number of para-hydroxylation sites is 1. The topological polar surface area (TPSA) is 87.9 Å². The van der Waals surface area contributed by atoms with Crippen molar-refractivity contribution in [1.82, 2.24) is 19.4 Å². The normalized spacial score (nSPS) is 21.1. The molecule has 0 aliphatic carbocycles. The van der Waals surface area contributed by atoms with Crippen LogP contribution in [-0.2, 0) is 16.1 Å². The number of fused-ring (bicyclic) bond motifs is 1. The summed E-state index contributed by atoms with van der Waals surface area (Å²) in [7, 11) is 0. The van der Waals surface area contributed by atoms with Crippen LogP contribution in [0.4, 0.5) is 0 Å². The van der Waals surface area contributed by atoms with Gasteiger partial charge in [-0.3, -0.25) is 19.1 Å². The van der Waals surface area contributed by atoms with Crippen molar-refractivity contribution in [2.45, 2.75) is 31.8 Å². The zero-order chi connectivity index (χ0) is 20.2. The predicted molar refractivity (Wildman–Crippen MR) is 109 cm³/mol. The van der Waals surface area contributed by atoms with Gasteiger partial charge in [0, 0.05) is 26.2 Å². The van der Waals surface area contributed by atoms with Crippen molar-refractivity contribution < 1.29 is 14.6 Å². The summed E-state index contributed by atoms with van der Waals surface area (Å²) in [5.41, 5.74) is 0.583. The van der Waals surface area contributed by atoms with Crippen LogP contribution in [0.15, 0.2) is 29.1 Å². The maximum Gasteiger partial charge on any atom is 0.261 e. The van der Waals surface area contributed by atoms with Crippen LogP contribution in [0.3, 0.4) is 0 Å². The Bertz CT molecular complexity index is 929. The van der Waals surface area contributed by atoms with Crippen molar-refractivity contribution in [2.75, 3.05) is 46.0 Å².